The Hall–Kier alpha value is -0.850. The van der Waals surface area contributed by atoms with Gasteiger partial charge in [0.1, 0.15) is 0 Å². The van der Waals surface area contributed by atoms with Gasteiger partial charge in [-0.2, -0.15) is 0 Å². The van der Waals surface area contributed by atoms with Crippen LogP contribution in [0.3, 0.4) is 0 Å². The van der Waals surface area contributed by atoms with Crippen LogP contribution in [0.25, 0.3) is 0 Å². The zero-order valence-corrected chi connectivity index (χ0v) is 18.0. The second-order valence-electron chi connectivity index (χ2n) is 9.49. The summed E-state index contributed by atoms with van der Waals surface area (Å²) >= 11 is 0. The number of hydrogen-bond acceptors (Lipinski definition) is 4. The van der Waals surface area contributed by atoms with E-state index in [9.17, 15) is 0 Å². The minimum absolute atomic E-state index is 0.178. The van der Waals surface area contributed by atoms with Crippen LogP contribution in [0.5, 0.6) is 0 Å². The van der Waals surface area contributed by atoms with E-state index in [1.54, 1.807) is 0 Å². The molecule has 0 bridgehead atoms. The lowest BCUT2D eigenvalue weighted by atomic mass is 9.57. The molecule has 160 valence electrons. The lowest BCUT2D eigenvalue weighted by Crippen LogP contribution is -2.68. The predicted octanol–water partition coefficient (Wildman–Crippen LogP) is 2.82. The van der Waals surface area contributed by atoms with Gasteiger partial charge in [-0.15, -0.1) is 0 Å². The van der Waals surface area contributed by atoms with Crippen molar-refractivity contribution in [1.29, 1.82) is 0 Å². The predicted molar refractivity (Wildman–Crippen MR) is 111 cm³/mol. The van der Waals surface area contributed by atoms with Gasteiger partial charge in [-0.1, -0.05) is 13.8 Å². The van der Waals surface area contributed by atoms with Gasteiger partial charge in [0, 0.05) is 50.2 Å². The van der Waals surface area contributed by atoms with Gasteiger partial charge in [0.15, 0.2) is 5.96 Å². The number of nitrogens with one attached hydrogen (secondary N) is 1. The molecule has 0 amide bonds. The summed E-state index contributed by atoms with van der Waals surface area (Å²) in [5.74, 6) is 1.72. The van der Waals surface area contributed by atoms with Crippen LogP contribution in [-0.4, -0.2) is 74.7 Å². The number of likely N-dealkylation sites (tertiary alicyclic amines) is 1. The van der Waals surface area contributed by atoms with Crippen molar-refractivity contribution in [2.24, 2.45) is 16.3 Å². The second-order valence-corrected chi connectivity index (χ2v) is 9.49. The zero-order valence-electron chi connectivity index (χ0n) is 18.0. The highest BCUT2D eigenvalue weighted by Gasteiger charge is 2.59. The molecule has 1 N–H and O–H groups in total. The lowest BCUT2D eigenvalue weighted by molar-refractivity contribution is -0.107. The Morgan fingerprint density at radius 1 is 1.11 bits per heavy atom. The number of rotatable bonds is 5. The summed E-state index contributed by atoms with van der Waals surface area (Å²) in [6, 6.07) is 0.461. The van der Waals surface area contributed by atoms with Gasteiger partial charge in [-0.25, -0.2) is 0 Å². The fourth-order valence-corrected chi connectivity index (χ4v) is 5.56. The maximum Gasteiger partial charge on any atom is 0.194 e. The molecule has 6 nitrogen and oxygen atoms in total. The van der Waals surface area contributed by atoms with Crippen LogP contribution in [0, 0.1) is 11.3 Å². The number of fused-ring (bicyclic) bond motifs is 1. The molecule has 3 heterocycles. The first-order valence-electron chi connectivity index (χ1n) is 11.5. The number of guanidine groups is 1. The maximum absolute atomic E-state index is 6.19. The molecule has 4 fully saturated rings. The van der Waals surface area contributed by atoms with E-state index in [1.807, 2.05) is 0 Å². The van der Waals surface area contributed by atoms with E-state index in [1.165, 1.54) is 19.3 Å². The fourth-order valence-electron chi connectivity index (χ4n) is 5.56. The van der Waals surface area contributed by atoms with E-state index < -0.39 is 0 Å². The van der Waals surface area contributed by atoms with Gasteiger partial charge >= 0.3 is 0 Å². The first kappa shape index (κ1) is 20.4. The SMILES string of the molecule is CCN=C(NC1C2CCOC2C1(C)C)N1CCC(OCC2CCCCO2)CC1. The van der Waals surface area contributed by atoms with Crippen LogP contribution in [0.2, 0.25) is 0 Å². The minimum Gasteiger partial charge on any atom is -0.377 e. The Morgan fingerprint density at radius 2 is 1.93 bits per heavy atom. The molecule has 0 aromatic heterocycles. The van der Waals surface area contributed by atoms with Crippen LogP contribution in [0.15, 0.2) is 4.99 Å². The smallest absolute Gasteiger partial charge is 0.194 e. The molecule has 4 unspecified atom stereocenters. The average molecular weight is 394 g/mol. The molecule has 1 saturated carbocycles. The maximum atomic E-state index is 6.19. The van der Waals surface area contributed by atoms with E-state index >= 15 is 0 Å². The summed E-state index contributed by atoms with van der Waals surface area (Å²) < 4.78 is 17.9. The Labute approximate surface area is 170 Å². The van der Waals surface area contributed by atoms with Gasteiger partial charge in [0.05, 0.1) is 24.9 Å². The van der Waals surface area contributed by atoms with Gasteiger partial charge in [-0.05, 0) is 45.4 Å². The van der Waals surface area contributed by atoms with Gasteiger partial charge in [0.25, 0.3) is 0 Å². The van der Waals surface area contributed by atoms with Crippen LogP contribution in [0.1, 0.15) is 59.3 Å². The topological polar surface area (TPSA) is 55.3 Å². The number of hydrogen-bond donors (Lipinski definition) is 1. The third-order valence-corrected chi connectivity index (χ3v) is 7.23. The molecular weight excluding hydrogens is 354 g/mol. The Morgan fingerprint density at radius 3 is 2.64 bits per heavy atom. The molecular formula is C22H39N3O3. The first-order chi connectivity index (χ1) is 13.6. The molecule has 3 aliphatic heterocycles. The molecule has 0 aromatic rings. The Bertz CT molecular complexity index is 539. The van der Waals surface area contributed by atoms with Crippen molar-refractivity contribution >= 4 is 5.96 Å². The molecule has 0 radical (unpaired) electrons. The minimum atomic E-state index is 0.178. The molecule has 28 heavy (non-hydrogen) atoms. The summed E-state index contributed by atoms with van der Waals surface area (Å²) in [4.78, 5) is 7.25. The van der Waals surface area contributed by atoms with E-state index in [2.05, 4.69) is 31.0 Å². The summed E-state index contributed by atoms with van der Waals surface area (Å²) in [6.45, 7) is 12.2. The Kier molecular flexibility index (Phi) is 6.48. The van der Waals surface area contributed by atoms with Crippen molar-refractivity contribution in [3.05, 3.63) is 0 Å². The third kappa shape index (κ3) is 4.19. The van der Waals surface area contributed by atoms with E-state index in [-0.39, 0.29) is 5.41 Å². The highest BCUT2D eigenvalue weighted by molar-refractivity contribution is 5.80. The molecule has 1 aliphatic carbocycles. The summed E-state index contributed by atoms with van der Waals surface area (Å²) in [5.41, 5.74) is 0.178. The van der Waals surface area contributed by atoms with Crippen LogP contribution < -0.4 is 5.32 Å². The van der Waals surface area contributed by atoms with Crippen LogP contribution in [-0.2, 0) is 14.2 Å². The average Bonchev–Trinajstić information content (AvgIpc) is 3.18. The molecule has 4 atom stereocenters. The van der Waals surface area contributed by atoms with Gasteiger partial charge in [-0.3, -0.25) is 4.99 Å². The third-order valence-electron chi connectivity index (χ3n) is 7.23. The van der Waals surface area contributed by atoms with E-state index in [4.69, 9.17) is 19.2 Å². The monoisotopic (exact) mass is 393 g/mol. The number of aliphatic imine (C=N–C) groups is 1. The van der Waals surface area contributed by atoms with Crippen LogP contribution >= 0.6 is 0 Å². The van der Waals surface area contributed by atoms with Crippen molar-refractivity contribution in [1.82, 2.24) is 10.2 Å². The largest absolute Gasteiger partial charge is 0.377 e. The summed E-state index contributed by atoms with van der Waals surface area (Å²) in [6.07, 6.45) is 8.02. The molecule has 4 aliphatic rings. The van der Waals surface area contributed by atoms with Crippen molar-refractivity contribution in [3.8, 4) is 0 Å². The van der Waals surface area contributed by atoms with Crippen molar-refractivity contribution in [2.75, 3.05) is 39.5 Å². The zero-order chi connectivity index (χ0) is 19.6. The van der Waals surface area contributed by atoms with Gasteiger partial charge in [0.2, 0.25) is 0 Å². The molecule has 0 aromatic carbocycles. The molecule has 3 saturated heterocycles. The summed E-state index contributed by atoms with van der Waals surface area (Å²) in [7, 11) is 0. The number of ether oxygens (including phenoxy) is 3. The molecule has 6 heteroatoms. The normalized spacial score (nSPS) is 36.1. The van der Waals surface area contributed by atoms with E-state index in [0.29, 0.717) is 30.3 Å². The standard InChI is InChI=1S/C22H39N3O3/c1-4-23-21(24-19-18-10-14-27-20(18)22(19,2)3)25-11-8-16(9-12-25)28-15-17-7-5-6-13-26-17/h16-20H,4-15H2,1-3H3,(H,23,24). The first-order valence-corrected chi connectivity index (χ1v) is 11.5. The molecule has 4 rings (SSSR count). The van der Waals surface area contributed by atoms with E-state index in [0.717, 1.165) is 64.7 Å². The van der Waals surface area contributed by atoms with Crippen molar-refractivity contribution in [2.45, 2.75) is 83.6 Å². The summed E-state index contributed by atoms with van der Waals surface area (Å²) in [5, 5.41) is 3.82. The van der Waals surface area contributed by atoms with Crippen molar-refractivity contribution < 1.29 is 14.2 Å². The quantitative estimate of drug-likeness (QED) is 0.575. The number of nitrogens with zero attached hydrogens (tertiary/aromatic N) is 2. The second kappa shape index (κ2) is 8.88. The number of piperidine rings is 1. The fraction of sp³-hybridized carbons (Fsp3) is 0.955. The molecule has 0 spiro atoms. The van der Waals surface area contributed by atoms with Crippen molar-refractivity contribution in [3.63, 3.8) is 0 Å². The van der Waals surface area contributed by atoms with Gasteiger partial charge < -0.3 is 24.4 Å². The lowest BCUT2D eigenvalue weighted by Gasteiger charge is -2.55. The highest BCUT2D eigenvalue weighted by Crippen LogP contribution is 2.52. The van der Waals surface area contributed by atoms with Crippen LogP contribution in [0.4, 0.5) is 0 Å². The highest BCUT2D eigenvalue weighted by atomic mass is 16.5. The Balaban J connectivity index is 1.26.